The number of methoxy groups -OCH3 is 1. The lowest BCUT2D eigenvalue weighted by atomic mass is 10.0. The first-order valence-corrected chi connectivity index (χ1v) is 6.03. The van der Waals surface area contributed by atoms with Gasteiger partial charge in [-0.05, 0) is 32.0 Å². The molecular weight excluding hydrogens is 244 g/mol. The molecule has 19 heavy (non-hydrogen) atoms. The van der Waals surface area contributed by atoms with Crippen molar-refractivity contribution in [1.29, 1.82) is 0 Å². The van der Waals surface area contributed by atoms with Gasteiger partial charge in [0.05, 0.1) is 18.8 Å². The molecular formula is C15H16O4. The summed E-state index contributed by atoms with van der Waals surface area (Å²) in [6, 6.07) is 8.69. The van der Waals surface area contributed by atoms with E-state index in [9.17, 15) is 9.90 Å². The molecule has 0 radical (unpaired) electrons. The molecule has 0 bridgehead atoms. The highest BCUT2D eigenvalue weighted by Gasteiger charge is 2.13. The summed E-state index contributed by atoms with van der Waals surface area (Å²) in [6.07, 6.45) is -0.0292. The molecule has 0 aliphatic carbocycles. The van der Waals surface area contributed by atoms with Gasteiger partial charge in [0, 0.05) is 10.8 Å². The van der Waals surface area contributed by atoms with Crippen molar-refractivity contribution >= 4 is 16.7 Å². The van der Waals surface area contributed by atoms with Crippen molar-refractivity contribution in [3.8, 4) is 11.5 Å². The van der Waals surface area contributed by atoms with Gasteiger partial charge in [-0.1, -0.05) is 12.1 Å². The van der Waals surface area contributed by atoms with Gasteiger partial charge in [0.1, 0.15) is 11.5 Å². The van der Waals surface area contributed by atoms with E-state index in [4.69, 9.17) is 9.47 Å². The lowest BCUT2D eigenvalue weighted by Gasteiger charge is -2.14. The SMILES string of the molecule is COc1cccc2c(OC(C)C)cc(C(=O)O)cc12. The molecule has 0 unspecified atom stereocenters. The van der Waals surface area contributed by atoms with Gasteiger partial charge in [0.25, 0.3) is 0 Å². The summed E-state index contributed by atoms with van der Waals surface area (Å²) < 4.78 is 11.0. The first-order chi connectivity index (χ1) is 9.02. The molecule has 0 atom stereocenters. The van der Waals surface area contributed by atoms with Gasteiger partial charge < -0.3 is 14.6 Å². The maximum absolute atomic E-state index is 11.2. The molecule has 0 spiro atoms. The zero-order chi connectivity index (χ0) is 14.0. The third-order valence-electron chi connectivity index (χ3n) is 2.75. The highest BCUT2D eigenvalue weighted by Crippen LogP contribution is 2.34. The molecule has 0 amide bonds. The van der Waals surface area contributed by atoms with E-state index in [0.29, 0.717) is 11.5 Å². The van der Waals surface area contributed by atoms with Gasteiger partial charge in [-0.15, -0.1) is 0 Å². The zero-order valence-corrected chi connectivity index (χ0v) is 11.1. The molecule has 0 aliphatic rings. The highest BCUT2D eigenvalue weighted by atomic mass is 16.5. The fourth-order valence-corrected chi connectivity index (χ4v) is 1.98. The molecule has 1 N–H and O–H groups in total. The van der Waals surface area contributed by atoms with E-state index in [1.54, 1.807) is 25.3 Å². The van der Waals surface area contributed by atoms with Crippen LogP contribution in [0.15, 0.2) is 30.3 Å². The van der Waals surface area contributed by atoms with E-state index in [2.05, 4.69) is 0 Å². The van der Waals surface area contributed by atoms with Crippen molar-refractivity contribution in [2.75, 3.05) is 7.11 Å². The van der Waals surface area contributed by atoms with E-state index in [1.807, 2.05) is 26.0 Å². The van der Waals surface area contributed by atoms with Gasteiger partial charge in [-0.2, -0.15) is 0 Å². The summed E-state index contributed by atoms with van der Waals surface area (Å²) in [4.78, 5) is 11.2. The number of carbonyl (C=O) groups is 1. The van der Waals surface area contributed by atoms with E-state index in [-0.39, 0.29) is 11.7 Å². The first-order valence-electron chi connectivity index (χ1n) is 6.03. The molecule has 2 aromatic rings. The molecule has 100 valence electrons. The average Bonchev–Trinajstić information content (AvgIpc) is 2.37. The van der Waals surface area contributed by atoms with Crippen LogP contribution in [-0.2, 0) is 0 Å². The lowest BCUT2D eigenvalue weighted by Crippen LogP contribution is -2.07. The van der Waals surface area contributed by atoms with E-state index < -0.39 is 5.97 Å². The van der Waals surface area contributed by atoms with Crippen molar-refractivity contribution in [3.63, 3.8) is 0 Å². The Bertz CT molecular complexity index is 617. The Balaban J connectivity index is 2.73. The largest absolute Gasteiger partial charge is 0.496 e. The molecule has 2 aromatic carbocycles. The van der Waals surface area contributed by atoms with Crippen LogP contribution in [0, 0.1) is 0 Å². The van der Waals surface area contributed by atoms with Crippen LogP contribution in [0.25, 0.3) is 10.8 Å². The number of ether oxygens (including phenoxy) is 2. The molecule has 0 aromatic heterocycles. The summed E-state index contributed by atoms with van der Waals surface area (Å²) in [7, 11) is 1.56. The highest BCUT2D eigenvalue weighted by molar-refractivity contribution is 6.00. The van der Waals surface area contributed by atoms with Crippen LogP contribution in [0.4, 0.5) is 0 Å². The summed E-state index contributed by atoms with van der Waals surface area (Å²) >= 11 is 0. The van der Waals surface area contributed by atoms with Gasteiger partial charge >= 0.3 is 5.97 Å². The molecule has 0 saturated carbocycles. The Labute approximate surface area is 111 Å². The smallest absolute Gasteiger partial charge is 0.335 e. The predicted molar refractivity (Wildman–Crippen MR) is 73.2 cm³/mol. The fraction of sp³-hybridized carbons (Fsp3) is 0.267. The Morgan fingerprint density at radius 3 is 2.47 bits per heavy atom. The van der Waals surface area contributed by atoms with Crippen molar-refractivity contribution in [3.05, 3.63) is 35.9 Å². The first kappa shape index (κ1) is 13.2. The standard InChI is InChI=1S/C15H16O4/c1-9(2)19-14-8-10(15(16)17)7-12-11(14)5-4-6-13(12)18-3/h4-9H,1-3H3,(H,16,17). The van der Waals surface area contributed by atoms with Crippen LogP contribution in [0.1, 0.15) is 24.2 Å². The predicted octanol–water partition coefficient (Wildman–Crippen LogP) is 3.33. The molecule has 2 rings (SSSR count). The Hall–Kier alpha value is -2.23. The summed E-state index contributed by atoms with van der Waals surface area (Å²) in [6.45, 7) is 3.80. The lowest BCUT2D eigenvalue weighted by molar-refractivity contribution is 0.0696. The Kier molecular flexibility index (Phi) is 3.60. The number of hydrogen-bond donors (Lipinski definition) is 1. The minimum atomic E-state index is -0.985. The third kappa shape index (κ3) is 2.62. The number of fused-ring (bicyclic) bond motifs is 1. The fourth-order valence-electron chi connectivity index (χ4n) is 1.98. The number of aromatic carboxylic acids is 1. The minimum absolute atomic E-state index is 0.0292. The van der Waals surface area contributed by atoms with Crippen LogP contribution in [0.3, 0.4) is 0 Å². The van der Waals surface area contributed by atoms with Gasteiger partial charge in [0.15, 0.2) is 0 Å². The van der Waals surface area contributed by atoms with Crippen LogP contribution in [-0.4, -0.2) is 24.3 Å². The minimum Gasteiger partial charge on any atom is -0.496 e. The number of benzene rings is 2. The summed E-state index contributed by atoms with van der Waals surface area (Å²) in [5.41, 5.74) is 0.188. The normalized spacial score (nSPS) is 10.7. The van der Waals surface area contributed by atoms with Crippen molar-refractivity contribution in [1.82, 2.24) is 0 Å². The van der Waals surface area contributed by atoms with Crippen LogP contribution in [0.2, 0.25) is 0 Å². The molecule has 4 nitrogen and oxygen atoms in total. The van der Waals surface area contributed by atoms with Crippen LogP contribution < -0.4 is 9.47 Å². The Morgan fingerprint density at radius 1 is 1.16 bits per heavy atom. The second-order valence-electron chi connectivity index (χ2n) is 4.50. The third-order valence-corrected chi connectivity index (χ3v) is 2.75. The average molecular weight is 260 g/mol. The number of carboxylic acid groups (broad SMARTS) is 1. The molecule has 0 fully saturated rings. The summed E-state index contributed by atoms with van der Waals surface area (Å²) in [5.74, 6) is 0.208. The second kappa shape index (κ2) is 5.18. The second-order valence-corrected chi connectivity index (χ2v) is 4.50. The van der Waals surface area contributed by atoms with E-state index in [1.165, 1.54) is 0 Å². The quantitative estimate of drug-likeness (QED) is 0.916. The molecule has 0 heterocycles. The molecule has 4 heteroatoms. The number of hydrogen-bond acceptors (Lipinski definition) is 3. The van der Waals surface area contributed by atoms with Crippen molar-refractivity contribution in [2.24, 2.45) is 0 Å². The van der Waals surface area contributed by atoms with Crippen LogP contribution >= 0.6 is 0 Å². The van der Waals surface area contributed by atoms with Crippen LogP contribution in [0.5, 0.6) is 11.5 Å². The molecule has 0 saturated heterocycles. The molecule has 0 aliphatic heterocycles. The van der Waals surface area contributed by atoms with Gasteiger partial charge in [0.2, 0.25) is 0 Å². The number of rotatable bonds is 4. The maximum Gasteiger partial charge on any atom is 0.335 e. The Morgan fingerprint density at radius 2 is 1.89 bits per heavy atom. The number of carboxylic acids is 1. The summed E-state index contributed by atoms with van der Waals surface area (Å²) in [5, 5.41) is 10.8. The topological polar surface area (TPSA) is 55.8 Å². The maximum atomic E-state index is 11.2. The van der Waals surface area contributed by atoms with Crippen molar-refractivity contribution < 1.29 is 19.4 Å². The monoisotopic (exact) mass is 260 g/mol. The van der Waals surface area contributed by atoms with E-state index >= 15 is 0 Å². The van der Waals surface area contributed by atoms with Gasteiger partial charge in [-0.3, -0.25) is 0 Å². The van der Waals surface area contributed by atoms with Gasteiger partial charge in [-0.25, -0.2) is 4.79 Å². The van der Waals surface area contributed by atoms with Crippen molar-refractivity contribution in [2.45, 2.75) is 20.0 Å². The zero-order valence-electron chi connectivity index (χ0n) is 11.1. The van der Waals surface area contributed by atoms with E-state index in [0.717, 1.165) is 10.8 Å².